The number of hydrogen-bond donors (Lipinski definition) is 1. The van der Waals surface area contributed by atoms with Crippen LogP contribution in [0.25, 0.3) is 0 Å². The zero-order valence-electron chi connectivity index (χ0n) is 9.49. The van der Waals surface area contributed by atoms with Crippen molar-refractivity contribution in [2.75, 3.05) is 26.9 Å². The highest BCUT2D eigenvalue weighted by atomic mass is 35.5. The van der Waals surface area contributed by atoms with E-state index in [1.807, 2.05) is 24.3 Å². The lowest BCUT2D eigenvalue weighted by molar-refractivity contribution is 0.0439. The lowest BCUT2D eigenvalue weighted by Crippen LogP contribution is -2.17. The number of benzene rings is 1. The van der Waals surface area contributed by atoms with Crippen LogP contribution in [-0.2, 0) is 9.47 Å². The van der Waals surface area contributed by atoms with Crippen molar-refractivity contribution in [3.63, 3.8) is 0 Å². The van der Waals surface area contributed by atoms with Crippen molar-refractivity contribution >= 4 is 11.6 Å². The Balaban J connectivity index is 2.47. The van der Waals surface area contributed by atoms with E-state index in [0.717, 1.165) is 12.0 Å². The molecule has 1 aromatic rings. The van der Waals surface area contributed by atoms with Gasteiger partial charge in [0.25, 0.3) is 0 Å². The molecule has 0 aliphatic heterocycles. The first-order valence-corrected chi connectivity index (χ1v) is 5.71. The lowest BCUT2D eigenvalue weighted by atomic mass is 10.1. The molecule has 90 valence electrons. The first kappa shape index (κ1) is 13.5. The van der Waals surface area contributed by atoms with Crippen LogP contribution >= 0.6 is 11.6 Å². The van der Waals surface area contributed by atoms with Crippen LogP contribution in [0, 0.1) is 0 Å². The minimum absolute atomic E-state index is 0.0874. The Morgan fingerprint density at radius 3 is 2.81 bits per heavy atom. The summed E-state index contributed by atoms with van der Waals surface area (Å²) in [6.45, 7) is 1.79. The Morgan fingerprint density at radius 1 is 1.38 bits per heavy atom. The summed E-state index contributed by atoms with van der Waals surface area (Å²) in [5.41, 5.74) is 6.69. The van der Waals surface area contributed by atoms with Gasteiger partial charge in [-0.25, -0.2) is 0 Å². The molecule has 0 bridgehead atoms. The van der Waals surface area contributed by atoms with Gasteiger partial charge in [-0.2, -0.15) is 0 Å². The van der Waals surface area contributed by atoms with Gasteiger partial charge in [0.2, 0.25) is 0 Å². The van der Waals surface area contributed by atoms with Crippen LogP contribution in [0.3, 0.4) is 0 Å². The van der Waals surface area contributed by atoms with Gasteiger partial charge in [0.05, 0.1) is 6.10 Å². The Hall–Kier alpha value is -0.610. The standard InChI is InChI=1S/C12H18ClNO2/c1-15-6-3-7-16-12(9-14)10-4-2-5-11(13)8-10/h2,4-5,8,12H,3,6-7,9,14H2,1H3. The highest BCUT2D eigenvalue weighted by Gasteiger charge is 2.09. The first-order chi connectivity index (χ1) is 7.77. The number of hydrogen-bond acceptors (Lipinski definition) is 3. The van der Waals surface area contributed by atoms with Crippen LogP contribution in [0.5, 0.6) is 0 Å². The van der Waals surface area contributed by atoms with Crippen LogP contribution in [0.1, 0.15) is 18.1 Å². The maximum Gasteiger partial charge on any atom is 0.0947 e. The molecule has 0 radical (unpaired) electrons. The summed E-state index contributed by atoms with van der Waals surface area (Å²) in [5, 5.41) is 0.705. The Labute approximate surface area is 101 Å². The Kier molecular flexibility index (Phi) is 6.42. The number of nitrogens with two attached hydrogens (primary N) is 1. The second-order valence-corrected chi connectivity index (χ2v) is 3.93. The molecule has 0 amide bonds. The molecule has 1 rings (SSSR count). The van der Waals surface area contributed by atoms with Gasteiger partial charge < -0.3 is 15.2 Å². The molecule has 0 aliphatic carbocycles. The van der Waals surface area contributed by atoms with Crippen molar-refractivity contribution in [1.29, 1.82) is 0 Å². The van der Waals surface area contributed by atoms with Crippen LogP contribution in [0.2, 0.25) is 5.02 Å². The zero-order chi connectivity index (χ0) is 11.8. The van der Waals surface area contributed by atoms with E-state index < -0.39 is 0 Å². The summed E-state index contributed by atoms with van der Waals surface area (Å²) >= 11 is 5.91. The average molecular weight is 244 g/mol. The van der Waals surface area contributed by atoms with E-state index in [9.17, 15) is 0 Å². The molecule has 0 heterocycles. The molecule has 16 heavy (non-hydrogen) atoms. The van der Waals surface area contributed by atoms with Crippen LogP contribution in [0.15, 0.2) is 24.3 Å². The molecule has 0 spiro atoms. The van der Waals surface area contributed by atoms with Crippen molar-refractivity contribution in [2.24, 2.45) is 5.73 Å². The smallest absolute Gasteiger partial charge is 0.0947 e. The molecule has 4 heteroatoms. The fourth-order valence-corrected chi connectivity index (χ4v) is 1.63. The Bertz CT molecular complexity index is 307. The minimum Gasteiger partial charge on any atom is -0.385 e. The molecule has 0 saturated heterocycles. The molecule has 3 nitrogen and oxygen atoms in total. The van der Waals surface area contributed by atoms with Gasteiger partial charge in [0.15, 0.2) is 0 Å². The first-order valence-electron chi connectivity index (χ1n) is 5.34. The predicted molar refractivity (Wildman–Crippen MR) is 65.7 cm³/mol. The van der Waals surface area contributed by atoms with Crippen LogP contribution < -0.4 is 5.73 Å². The normalized spacial score (nSPS) is 12.7. The van der Waals surface area contributed by atoms with E-state index in [4.69, 9.17) is 26.8 Å². The molecule has 0 fully saturated rings. The lowest BCUT2D eigenvalue weighted by Gasteiger charge is -2.16. The number of methoxy groups -OCH3 is 1. The van der Waals surface area contributed by atoms with Gasteiger partial charge in [-0.15, -0.1) is 0 Å². The van der Waals surface area contributed by atoms with Crippen LogP contribution in [0.4, 0.5) is 0 Å². The van der Waals surface area contributed by atoms with Crippen molar-refractivity contribution in [1.82, 2.24) is 0 Å². The summed E-state index contributed by atoms with van der Waals surface area (Å²) < 4.78 is 10.6. The van der Waals surface area contributed by atoms with Gasteiger partial charge in [-0.05, 0) is 24.1 Å². The fourth-order valence-electron chi connectivity index (χ4n) is 1.44. The maximum absolute atomic E-state index is 5.91. The molecular formula is C12H18ClNO2. The van der Waals surface area contributed by atoms with E-state index >= 15 is 0 Å². The van der Waals surface area contributed by atoms with E-state index in [2.05, 4.69) is 0 Å². The largest absolute Gasteiger partial charge is 0.385 e. The molecule has 0 aromatic heterocycles. The molecule has 0 saturated carbocycles. The van der Waals surface area contributed by atoms with Crippen molar-refractivity contribution in [3.8, 4) is 0 Å². The number of rotatable bonds is 7. The number of halogens is 1. The molecule has 2 N–H and O–H groups in total. The van der Waals surface area contributed by atoms with Crippen molar-refractivity contribution < 1.29 is 9.47 Å². The molecule has 1 atom stereocenters. The third-order valence-electron chi connectivity index (χ3n) is 2.25. The molecule has 1 aromatic carbocycles. The zero-order valence-corrected chi connectivity index (χ0v) is 10.2. The van der Waals surface area contributed by atoms with E-state index in [0.29, 0.717) is 24.8 Å². The van der Waals surface area contributed by atoms with E-state index in [-0.39, 0.29) is 6.10 Å². The average Bonchev–Trinajstić information content (AvgIpc) is 2.29. The quantitative estimate of drug-likeness (QED) is 0.748. The van der Waals surface area contributed by atoms with Crippen molar-refractivity contribution in [2.45, 2.75) is 12.5 Å². The summed E-state index contributed by atoms with van der Waals surface area (Å²) in [7, 11) is 1.68. The van der Waals surface area contributed by atoms with E-state index in [1.165, 1.54) is 0 Å². The summed E-state index contributed by atoms with van der Waals surface area (Å²) in [6, 6.07) is 7.59. The SMILES string of the molecule is COCCCOC(CN)c1cccc(Cl)c1. The van der Waals surface area contributed by atoms with Crippen molar-refractivity contribution in [3.05, 3.63) is 34.9 Å². The maximum atomic E-state index is 5.91. The second kappa shape index (κ2) is 7.63. The predicted octanol–water partition coefficient (Wildman–Crippen LogP) is 2.39. The monoisotopic (exact) mass is 243 g/mol. The minimum atomic E-state index is -0.0874. The van der Waals surface area contributed by atoms with Gasteiger partial charge >= 0.3 is 0 Å². The highest BCUT2D eigenvalue weighted by molar-refractivity contribution is 6.30. The van der Waals surface area contributed by atoms with Gasteiger partial charge in [0, 0.05) is 31.9 Å². The Morgan fingerprint density at radius 2 is 2.19 bits per heavy atom. The molecular weight excluding hydrogens is 226 g/mol. The third-order valence-corrected chi connectivity index (χ3v) is 2.48. The van der Waals surface area contributed by atoms with Gasteiger partial charge in [0.1, 0.15) is 0 Å². The van der Waals surface area contributed by atoms with Gasteiger partial charge in [-0.1, -0.05) is 23.7 Å². The van der Waals surface area contributed by atoms with Gasteiger partial charge in [-0.3, -0.25) is 0 Å². The summed E-state index contributed by atoms with van der Waals surface area (Å²) in [4.78, 5) is 0. The third kappa shape index (κ3) is 4.49. The molecule has 1 unspecified atom stereocenters. The highest BCUT2D eigenvalue weighted by Crippen LogP contribution is 2.20. The fraction of sp³-hybridized carbons (Fsp3) is 0.500. The molecule has 0 aliphatic rings. The second-order valence-electron chi connectivity index (χ2n) is 3.50. The number of ether oxygens (including phenoxy) is 2. The topological polar surface area (TPSA) is 44.5 Å². The van der Waals surface area contributed by atoms with Crippen LogP contribution in [-0.4, -0.2) is 26.9 Å². The summed E-state index contributed by atoms with van der Waals surface area (Å²) in [6.07, 6.45) is 0.781. The summed E-state index contributed by atoms with van der Waals surface area (Å²) in [5.74, 6) is 0. The van der Waals surface area contributed by atoms with E-state index in [1.54, 1.807) is 7.11 Å².